The fraction of sp³-hybridized carbons (Fsp3) is 0.111. The number of carbonyl (C=O) groups excluding carboxylic acids is 1. The average Bonchev–Trinajstić information content (AvgIpc) is 2.56. The number of pyridine rings is 1. The van der Waals surface area contributed by atoms with Crippen molar-refractivity contribution in [3.8, 4) is 0 Å². The van der Waals surface area contributed by atoms with Crippen LogP contribution >= 0.6 is 0 Å². The maximum absolute atomic E-state index is 11.3. The van der Waals surface area contributed by atoms with Gasteiger partial charge in [0.05, 0.1) is 18.2 Å². The summed E-state index contributed by atoms with van der Waals surface area (Å²) in [4.78, 5) is 11.3. The van der Waals surface area contributed by atoms with Gasteiger partial charge in [-0.05, 0) is 12.1 Å². The molecule has 0 radical (unpaired) electrons. The number of rotatable bonds is 1. The topological polar surface area (TPSA) is 69.6 Å². The van der Waals surface area contributed by atoms with Crippen LogP contribution in [0.4, 0.5) is 5.82 Å². The third-order valence-electron chi connectivity index (χ3n) is 1.93. The van der Waals surface area contributed by atoms with Crippen molar-refractivity contribution in [1.82, 2.24) is 9.61 Å². The van der Waals surface area contributed by atoms with Crippen molar-refractivity contribution in [1.29, 1.82) is 0 Å². The molecule has 0 spiro atoms. The molecule has 0 saturated heterocycles. The molecule has 0 unspecified atom stereocenters. The van der Waals surface area contributed by atoms with Crippen LogP contribution in [0, 0.1) is 0 Å². The number of esters is 1. The average molecular weight is 191 g/mol. The molecule has 2 N–H and O–H groups in total. The number of nitrogens with zero attached hydrogens (tertiary/aromatic N) is 2. The zero-order chi connectivity index (χ0) is 10.1. The van der Waals surface area contributed by atoms with E-state index < -0.39 is 5.97 Å². The molecule has 2 aromatic rings. The highest BCUT2D eigenvalue weighted by Crippen LogP contribution is 2.14. The van der Waals surface area contributed by atoms with Gasteiger partial charge in [-0.3, -0.25) is 0 Å². The maximum Gasteiger partial charge on any atom is 0.340 e. The fourth-order valence-corrected chi connectivity index (χ4v) is 1.32. The second-order valence-electron chi connectivity index (χ2n) is 2.81. The minimum absolute atomic E-state index is 0.376. The van der Waals surface area contributed by atoms with Gasteiger partial charge in [0.25, 0.3) is 0 Å². The first-order chi connectivity index (χ1) is 6.72. The molecule has 0 aromatic carbocycles. The highest BCUT2D eigenvalue weighted by molar-refractivity contribution is 5.97. The highest BCUT2D eigenvalue weighted by atomic mass is 16.5. The van der Waals surface area contributed by atoms with Gasteiger partial charge < -0.3 is 10.5 Å². The van der Waals surface area contributed by atoms with Crippen molar-refractivity contribution in [2.45, 2.75) is 0 Å². The summed E-state index contributed by atoms with van der Waals surface area (Å²) < 4.78 is 6.18. The van der Waals surface area contributed by atoms with E-state index in [0.29, 0.717) is 16.9 Å². The monoisotopic (exact) mass is 191 g/mol. The summed E-state index contributed by atoms with van der Waals surface area (Å²) in [5, 5.41) is 3.98. The van der Waals surface area contributed by atoms with Crippen LogP contribution in [-0.4, -0.2) is 22.7 Å². The van der Waals surface area contributed by atoms with E-state index in [4.69, 9.17) is 5.73 Å². The number of methoxy groups -OCH3 is 1. The SMILES string of the molecule is COC(=O)c1cccn2nc(N)cc12. The van der Waals surface area contributed by atoms with Gasteiger partial charge in [0.2, 0.25) is 0 Å². The van der Waals surface area contributed by atoms with E-state index >= 15 is 0 Å². The largest absolute Gasteiger partial charge is 0.465 e. The minimum Gasteiger partial charge on any atom is -0.465 e. The van der Waals surface area contributed by atoms with Crippen molar-refractivity contribution >= 4 is 17.3 Å². The number of anilines is 1. The first-order valence-corrected chi connectivity index (χ1v) is 4.04. The predicted molar refractivity (Wildman–Crippen MR) is 50.9 cm³/mol. The van der Waals surface area contributed by atoms with Crippen molar-refractivity contribution in [3.63, 3.8) is 0 Å². The van der Waals surface area contributed by atoms with Crippen molar-refractivity contribution in [2.75, 3.05) is 12.8 Å². The molecular formula is C9H9N3O2. The lowest BCUT2D eigenvalue weighted by molar-refractivity contribution is 0.0602. The van der Waals surface area contributed by atoms with Crippen LogP contribution in [0.1, 0.15) is 10.4 Å². The Hall–Kier alpha value is -2.04. The lowest BCUT2D eigenvalue weighted by Gasteiger charge is -2.00. The first-order valence-electron chi connectivity index (χ1n) is 4.04. The van der Waals surface area contributed by atoms with Crippen LogP contribution in [0.5, 0.6) is 0 Å². The molecule has 0 aliphatic carbocycles. The lowest BCUT2D eigenvalue weighted by Crippen LogP contribution is -2.03. The summed E-state index contributed by atoms with van der Waals surface area (Å²) in [6.07, 6.45) is 1.72. The van der Waals surface area contributed by atoms with Gasteiger partial charge in [0.15, 0.2) is 0 Å². The number of aromatic nitrogens is 2. The molecule has 0 fully saturated rings. The fourth-order valence-electron chi connectivity index (χ4n) is 1.32. The molecule has 0 saturated carbocycles. The Morgan fingerprint density at radius 1 is 1.64 bits per heavy atom. The Labute approximate surface area is 80.1 Å². The molecule has 5 nitrogen and oxygen atoms in total. The predicted octanol–water partition coefficient (Wildman–Crippen LogP) is 0.703. The number of hydrogen-bond donors (Lipinski definition) is 1. The van der Waals surface area contributed by atoms with Crippen molar-refractivity contribution in [3.05, 3.63) is 30.0 Å². The second-order valence-corrected chi connectivity index (χ2v) is 2.81. The first kappa shape index (κ1) is 8.55. The van der Waals surface area contributed by atoms with Gasteiger partial charge in [-0.1, -0.05) is 0 Å². The van der Waals surface area contributed by atoms with Crippen LogP contribution in [0.25, 0.3) is 5.52 Å². The molecule has 14 heavy (non-hydrogen) atoms. The van der Waals surface area contributed by atoms with Gasteiger partial charge in [0, 0.05) is 12.3 Å². The highest BCUT2D eigenvalue weighted by Gasteiger charge is 2.11. The molecule has 0 atom stereocenters. The van der Waals surface area contributed by atoms with E-state index in [9.17, 15) is 4.79 Å². The van der Waals surface area contributed by atoms with Gasteiger partial charge in [0.1, 0.15) is 5.82 Å². The third kappa shape index (κ3) is 1.19. The van der Waals surface area contributed by atoms with E-state index in [1.165, 1.54) is 7.11 Å². The number of hydrogen-bond acceptors (Lipinski definition) is 4. The molecule has 0 bridgehead atoms. The number of ether oxygens (including phenoxy) is 1. The smallest absolute Gasteiger partial charge is 0.340 e. The minimum atomic E-state index is -0.393. The standard InChI is InChI=1S/C9H9N3O2/c1-14-9(13)6-3-2-4-12-7(6)5-8(10)11-12/h2-5H,1H3,(H2,10,11). The van der Waals surface area contributed by atoms with E-state index in [0.717, 1.165) is 0 Å². The Balaban J connectivity index is 2.70. The maximum atomic E-state index is 11.3. The van der Waals surface area contributed by atoms with Crippen LogP contribution in [0.3, 0.4) is 0 Å². The Morgan fingerprint density at radius 2 is 2.43 bits per heavy atom. The molecule has 2 aromatic heterocycles. The summed E-state index contributed by atoms with van der Waals surface area (Å²) in [5.41, 5.74) is 6.62. The van der Waals surface area contributed by atoms with Crippen LogP contribution in [0.2, 0.25) is 0 Å². The van der Waals surface area contributed by atoms with E-state index in [1.54, 1.807) is 28.9 Å². The zero-order valence-corrected chi connectivity index (χ0v) is 7.60. The Morgan fingerprint density at radius 3 is 3.14 bits per heavy atom. The van der Waals surface area contributed by atoms with E-state index in [2.05, 4.69) is 9.84 Å². The summed E-state index contributed by atoms with van der Waals surface area (Å²) in [7, 11) is 1.34. The summed E-state index contributed by atoms with van der Waals surface area (Å²) in [6, 6.07) is 5.01. The number of nitrogens with two attached hydrogens (primary N) is 1. The van der Waals surface area contributed by atoms with Gasteiger partial charge in [-0.15, -0.1) is 0 Å². The second kappa shape index (κ2) is 3.02. The normalized spacial score (nSPS) is 10.4. The molecule has 0 amide bonds. The lowest BCUT2D eigenvalue weighted by atomic mass is 10.2. The quantitative estimate of drug-likeness (QED) is 0.674. The summed E-state index contributed by atoms with van der Waals surface area (Å²) >= 11 is 0. The molecule has 0 aliphatic heterocycles. The van der Waals surface area contributed by atoms with E-state index in [1.807, 2.05) is 0 Å². The van der Waals surface area contributed by atoms with Gasteiger partial charge >= 0.3 is 5.97 Å². The van der Waals surface area contributed by atoms with Gasteiger partial charge in [-0.25, -0.2) is 9.31 Å². The Kier molecular flexibility index (Phi) is 1.85. The summed E-state index contributed by atoms with van der Waals surface area (Å²) in [6.45, 7) is 0. The third-order valence-corrected chi connectivity index (χ3v) is 1.93. The molecule has 2 rings (SSSR count). The molecular weight excluding hydrogens is 182 g/mol. The molecule has 5 heteroatoms. The molecule has 0 aliphatic rings. The molecule has 2 heterocycles. The van der Waals surface area contributed by atoms with Crippen molar-refractivity contribution in [2.24, 2.45) is 0 Å². The van der Waals surface area contributed by atoms with Crippen LogP contribution in [0.15, 0.2) is 24.4 Å². The number of nitrogen functional groups attached to an aromatic ring is 1. The Bertz CT molecular complexity index is 490. The van der Waals surface area contributed by atoms with Crippen molar-refractivity contribution < 1.29 is 9.53 Å². The van der Waals surface area contributed by atoms with Crippen LogP contribution in [-0.2, 0) is 4.74 Å². The van der Waals surface area contributed by atoms with Crippen LogP contribution < -0.4 is 5.73 Å². The van der Waals surface area contributed by atoms with Gasteiger partial charge in [-0.2, -0.15) is 5.10 Å². The number of fused-ring (bicyclic) bond motifs is 1. The van der Waals surface area contributed by atoms with E-state index in [-0.39, 0.29) is 0 Å². The zero-order valence-electron chi connectivity index (χ0n) is 7.60. The summed E-state index contributed by atoms with van der Waals surface area (Å²) in [5.74, 6) is -0.0168. The number of carbonyl (C=O) groups is 1. The molecule has 72 valence electrons.